The molecule has 0 bridgehead atoms. The average molecular weight is 592 g/mol. The van der Waals surface area contributed by atoms with Crippen molar-refractivity contribution >= 4 is 68.5 Å². The van der Waals surface area contributed by atoms with Crippen molar-refractivity contribution < 1.29 is 19.1 Å². The molecular formula is C17H20ClI2NO4. The summed E-state index contributed by atoms with van der Waals surface area (Å²) in [4.78, 5) is 26.7. The van der Waals surface area contributed by atoms with Gasteiger partial charge in [0.1, 0.15) is 11.3 Å². The Morgan fingerprint density at radius 3 is 2.40 bits per heavy atom. The third-order valence-electron chi connectivity index (χ3n) is 2.84. The number of hydrogen-bond donors (Lipinski definition) is 0. The highest BCUT2D eigenvalue weighted by atomic mass is 127. The van der Waals surface area contributed by atoms with E-state index in [2.05, 4.69) is 22.6 Å². The molecule has 0 heterocycles. The zero-order chi connectivity index (χ0) is 19.3. The van der Waals surface area contributed by atoms with E-state index >= 15 is 0 Å². The molecule has 0 aromatic heterocycles. The van der Waals surface area contributed by atoms with E-state index in [0.717, 1.165) is 3.57 Å². The first-order chi connectivity index (χ1) is 11.6. The fraction of sp³-hybridized carbons (Fsp3) is 0.412. The average Bonchev–Trinajstić information content (AvgIpc) is 2.51. The molecule has 0 radical (unpaired) electrons. The van der Waals surface area contributed by atoms with Crippen LogP contribution in [0.15, 0.2) is 17.8 Å². The van der Waals surface area contributed by atoms with Gasteiger partial charge in [0.2, 0.25) is 5.78 Å². The van der Waals surface area contributed by atoms with E-state index in [0.29, 0.717) is 9.32 Å². The predicted octanol–water partition coefficient (Wildman–Crippen LogP) is 4.53. The van der Waals surface area contributed by atoms with Crippen LogP contribution in [0.1, 0.15) is 31.1 Å². The summed E-state index contributed by atoms with van der Waals surface area (Å²) >= 11 is 10.5. The molecule has 8 heteroatoms. The van der Waals surface area contributed by atoms with Gasteiger partial charge < -0.3 is 14.4 Å². The van der Waals surface area contributed by atoms with Crippen molar-refractivity contribution in [2.24, 2.45) is 0 Å². The van der Waals surface area contributed by atoms with Gasteiger partial charge in [0.25, 0.3) is 0 Å². The highest BCUT2D eigenvalue weighted by Crippen LogP contribution is 2.37. The Hall–Kier alpha value is -0.550. The molecule has 5 nitrogen and oxygen atoms in total. The van der Waals surface area contributed by atoms with Crippen LogP contribution in [0, 0.1) is 7.14 Å². The standard InChI is InChI=1S/C17H20ClI2NO4/c1-6-24-17(23)11(8-21(4)5)15(22)10-7-12(19)16(25-9(2)3)14(20)13(10)18/h7-9H,6H2,1-5H3. The molecule has 0 saturated carbocycles. The van der Waals surface area contributed by atoms with E-state index in [9.17, 15) is 9.59 Å². The number of halogens is 3. The Kier molecular flexibility index (Phi) is 8.96. The van der Waals surface area contributed by atoms with Crippen LogP contribution in [-0.4, -0.2) is 43.5 Å². The van der Waals surface area contributed by atoms with Gasteiger partial charge in [0.15, 0.2) is 0 Å². The lowest BCUT2D eigenvalue weighted by molar-refractivity contribution is -0.138. The van der Waals surface area contributed by atoms with Gasteiger partial charge in [0, 0.05) is 25.9 Å². The second-order valence-corrected chi connectivity index (χ2v) is 8.20. The lowest BCUT2D eigenvalue weighted by Gasteiger charge is -2.17. The van der Waals surface area contributed by atoms with Crippen LogP contribution in [0.5, 0.6) is 5.75 Å². The molecule has 0 aliphatic heterocycles. The number of rotatable bonds is 7. The summed E-state index contributed by atoms with van der Waals surface area (Å²) in [6.45, 7) is 5.70. The zero-order valence-electron chi connectivity index (χ0n) is 14.7. The molecule has 0 fully saturated rings. The SMILES string of the molecule is CCOC(=O)C(=CN(C)C)C(=O)c1cc(I)c(OC(C)C)c(I)c1Cl. The Labute approximate surface area is 180 Å². The van der Waals surface area contributed by atoms with E-state index in [-0.39, 0.29) is 28.9 Å². The maximum absolute atomic E-state index is 12.9. The zero-order valence-corrected chi connectivity index (χ0v) is 19.7. The number of carbonyl (C=O) groups is 2. The first-order valence-corrected chi connectivity index (χ1v) is 10.1. The van der Waals surface area contributed by atoms with Gasteiger partial charge in [0.05, 0.1) is 24.9 Å². The summed E-state index contributed by atoms with van der Waals surface area (Å²) in [6, 6.07) is 1.63. The molecular weight excluding hydrogens is 571 g/mol. The summed E-state index contributed by atoms with van der Waals surface area (Å²) in [5, 5.41) is 0.260. The topological polar surface area (TPSA) is 55.8 Å². The van der Waals surface area contributed by atoms with Gasteiger partial charge in [-0.2, -0.15) is 0 Å². The highest BCUT2D eigenvalue weighted by Gasteiger charge is 2.27. The van der Waals surface area contributed by atoms with E-state index < -0.39 is 11.8 Å². The van der Waals surface area contributed by atoms with Crippen molar-refractivity contribution in [1.29, 1.82) is 0 Å². The quantitative estimate of drug-likeness (QED) is 0.0888. The number of ketones is 1. The fourth-order valence-corrected chi connectivity index (χ4v) is 4.06. The third-order valence-corrected chi connectivity index (χ3v) is 5.38. The van der Waals surface area contributed by atoms with Crippen molar-refractivity contribution in [3.8, 4) is 5.75 Å². The Balaban J connectivity index is 3.43. The van der Waals surface area contributed by atoms with Gasteiger partial charge in [-0.25, -0.2) is 4.79 Å². The first-order valence-electron chi connectivity index (χ1n) is 7.54. The third kappa shape index (κ3) is 5.99. The Morgan fingerprint density at radius 2 is 1.92 bits per heavy atom. The Bertz CT molecular complexity index is 702. The number of carbonyl (C=O) groups excluding carboxylic acids is 2. The maximum Gasteiger partial charge on any atom is 0.343 e. The number of esters is 1. The van der Waals surface area contributed by atoms with Crippen LogP contribution in [0.4, 0.5) is 0 Å². The second-order valence-electron chi connectivity index (χ2n) is 5.59. The van der Waals surface area contributed by atoms with Crippen LogP contribution in [0.25, 0.3) is 0 Å². The minimum Gasteiger partial charge on any atom is -0.489 e. The van der Waals surface area contributed by atoms with Gasteiger partial charge in [-0.3, -0.25) is 4.79 Å². The summed E-state index contributed by atoms with van der Waals surface area (Å²) in [6.07, 6.45) is 1.41. The van der Waals surface area contributed by atoms with Crippen LogP contribution in [0.3, 0.4) is 0 Å². The molecule has 1 aromatic carbocycles. The number of ether oxygens (including phenoxy) is 2. The highest BCUT2D eigenvalue weighted by molar-refractivity contribution is 14.1. The van der Waals surface area contributed by atoms with E-state index in [1.165, 1.54) is 6.20 Å². The molecule has 0 atom stereocenters. The van der Waals surface area contributed by atoms with Crippen LogP contribution in [-0.2, 0) is 9.53 Å². The van der Waals surface area contributed by atoms with Crippen molar-refractivity contribution in [3.05, 3.63) is 35.6 Å². The number of Topliss-reactive ketones (excluding diaryl/α,β-unsaturated/α-hetero) is 1. The molecule has 0 saturated heterocycles. The predicted molar refractivity (Wildman–Crippen MR) is 115 cm³/mol. The smallest absolute Gasteiger partial charge is 0.343 e. The van der Waals surface area contributed by atoms with Crippen molar-refractivity contribution in [1.82, 2.24) is 4.90 Å². The lowest BCUT2D eigenvalue weighted by atomic mass is 10.0. The Morgan fingerprint density at radius 1 is 1.32 bits per heavy atom. The lowest BCUT2D eigenvalue weighted by Crippen LogP contribution is -2.20. The minimum atomic E-state index is -0.676. The molecule has 0 aliphatic carbocycles. The molecule has 1 aromatic rings. The summed E-state index contributed by atoms with van der Waals surface area (Å²) in [5.74, 6) is -0.527. The summed E-state index contributed by atoms with van der Waals surface area (Å²) in [7, 11) is 3.45. The van der Waals surface area contributed by atoms with Crippen molar-refractivity contribution in [3.63, 3.8) is 0 Å². The normalized spacial score (nSPS) is 11.5. The number of nitrogens with zero attached hydrogens (tertiary/aromatic N) is 1. The molecule has 138 valence electrons. The van der Waals surface area contributed by atoms with Crippen LogP contribution >= 0.6 is 56.8 Å². The van der Waals surface area contributed by atoms with Crippen molar-refractivity contribution in [2.75, 3.05) is 20.7 Å². The van der Waals surface area contributed by atoms with Crippen LogP contribution in [0.2, 0.25) is 5.02 Å². The first kappa shape index (κ1) is 22.5. The van der Waals surface area contributed by atoms with Gasteiger partial charge in [-0.1, -0.05) is 11.6 Å². The second kappa shape index (κ2) is 9.96. The minimum absolute atomic E-state index is 0.0246. The van der Waals surface area contributed by atoms with E-state index in [1.54, 1.807) is 32.0 Å². The molecule has 25 heavy (non-hydrogen) atoms. The maximum atomic E-state index is 12.9. The van der Waals surface area contributed by atoms with E-state index in [1.807, 2.05) is 36.4 Å². The largest absolute Gasteiger partial charge is 0.489 e. The number of benzene rings is 1. The van der Waals surface area contributed by atoms with Gasteiger partial charge in [-0.15, -0.1) is 0 Å². The molecule has 0 amide bonds. The molecule has 0 aliphatic rings. The molecule has 0 spiro atoms. The van der Waals surface area contributed by atoms with Crippen LogP contribution < -0.4 is 4.74 Å². The van der Waals surface area contributed by atoms with Gasteiger partial charge in [-0.05, 0) is 72.0 Å². The number of hydrogen-bond acceptors (Lipinski definition) is 5. The molecule has 1 rings (SSSR count). The van der Waals surface area contributed by atoms with Crippen molar-refractivity contribution in [2.45, 2.75) is 26.9 Å². The van der Waals surface area contributed by atoms with E-state index in [4.69, 9.17) is 21.1 Å². The summed E-state index contributed by atoms with van der Waals surface area (Å²) < 4.78 is 12.2. The fourth-order valence-electron chi connectivity index (χ4n) is 1.90. The molecule has 0 unspecified atom stereocenters. The molecule has 0 N–H and O–H groups in total. The van der Waals surface area contributed by atoms with Gasteiger partial charge >= 0.3 is 5.97 Å². The summed E-state index contributed by atoms with van der Waals surface area (Å²) in [5.41, 5.74) is 0.172. The monoisotopic (exact) mass is 591 g/mol.